The van der Waals surface area contributed by atoms with Crippen molar-refractivity contribution in [1.29, 1.82) is 0 Å². The summed E-state index contributed by atoms with van der Waals surface area (Å²) in [6.45, 7) is 0.485. The zero-order valence-electron chi connectivity index (χ0n) is 7.75. The second-order valence-electron chi connectivity index (χ2n) is 2.91. The van der Waals surface area contributed by atoms with Crippen LogP contribution in [0.5, 0.6) is 0 Å². The summed E-state index contributed by atoms with van der Waals surface area (Å²) in [4.78, 5) is 9.81. The number of benzene rings is 1. The van der Waals surface area contributed by atoms with Gasteiger partial charge in [-0.25, -0.2) is 0 Å². The fourth-order valence-electron chi connectivity index (χ4n) is 1.09. The Hall–Kier alpha value is -1.52. The maximum absolute atomic E-state index is 12.2. The topological polar surface area (TPSA) is 26.3 Å². The lowest BCUT2D eigenvalue weighted by atomic mass is 10.1. The third-order valence-electron chi connectivity index (χ3n) is 1.86. The van der Waals surface area contributed by atoms with E-state index in [4.69, 9.17) is 0 Å². The quantitative estimate of drug-likeness (QED) is 0.573. The molecule has 1 rings (SSSR count). The molecule has 1 aromatic rings. The molecule has 0 aromatic heterocycles. The second kappa shape index (κ2) is 4.82. The molecule has 0 spiro atoms. The molecule has 82 valence electrons. The van der Waals surface area contributed by atoms with Crippen LogP contribution in [0.2, 0.25) is 0 Å². The molecule has 0 fully saturated rings. The van der Waals surface area contributed by atoms with Gasteiger partial charge in [-0.3, -0.25) is 4.79 Å². The van der Waals surface area contributed by atoms with Crippen LogP contribution in [-0.4, -0.2) is 13.1 Å². The van der Waals surface area contributed by atoms with Crippen LogP contribution in [0.25, 0.3) is 0 Å². The fourth-order valence-corrected chi connectivity index (χ4v) is 1.09. The first-order valence-corrected chi connectivity index (χ1v) is 4.25. The monoisotopic (exact) mass is 218 g/mol. The number of ether oxygens (including phenoxy) is 1. The molecule has 0 heterocycles. The van der Waals surface area contributed by atoms with Gasteiger partial charge in [0.2, 0.25) is 0 Å². The van der Waals surface area contributed by atoms with Crippen LogP contribution in [0.1, 0.15) is 11.1 Å². The Morgan fingerprint density at radius 3 is 2.27 bits per heavy atom. The van der Waals surface area contributed by atoms with Gasteiger partial charge in [0, 0.05) is 6.42 Å². The van der Waals surface area contributed by atoms with E-state index in [-0.39, 0.29) is 6.61 Å². The summed E-state index contributed by atoms with van der Waals surface area (Å²) in [5.41, 5.74) is 0.0207. The highest BCUT2D eigenvalue weighted by Gasteiger charge is 2.29. The number of hydrogen-bond donors (Lipinski definition) is 0. The third kappa shape index (κ3) is 3.61. The van der Waals surface area contributed by atoms with Crippen LogP contribution >= 0.6 is 0 Å². The molecule has 0 aliphatic heterocycles. The molecule has 0 atom stereocenters. The van der Waals surface area contributed by atoms with Crippen molar-refractivity contribution in [3.63, 3.8) is 0 Å². The van der Waals surface area contributed by atoms with Crippen molar-refractivity contribution in [2.45, 2.75) is 12.6 Å². The molecular formula is C10H9F3O2. The Bertz CT molecular complexity index is 316. The first kappa shape index (κ1) is 11.6. The van der Waals surface area contributed by atoms with Gasteiger partial charge in [-0.05, 0) is 17.7 Å². The van der Waals surface area contributed by atoms with Crippen LogP contribution in [0.3, 0.4) is 0 Å². The third-order valence-corrected chi connectivity index (χ3v) is 1.86. The summed E-state index contributed by atoms with van der Waals surface area (Å²) < 4.78 is 40.9. The minimum Gasteiger partial charge on any atom is -0.468 e. The van der Waals surface area contributed by atoms with Crippen molar-refractivity contribution in [1.82, 2.24) is 0 Å². The van der Waals surface area contributed by atoms with Gasteiger partial charge in [-0.2, -0.15) is 13.2 Å². The summed E-state index contributed by atoms with van der Waals surface area (Å²) in [7, 11) is 0. The largest absolute Gasteiger partial charge is 0.468 e. The Morgan fingerprint density at radius 2 is 1.80 bits per heavy atom. The lowest BCUT2D eigenvalue weighted by Crippen LogP contribution is -2.05. The average Bonchev–Trinajstić information content (AvgIpc) is 2.18. The molecule has 15 heavy (non-hydrogen) atoms. The van der Waals surface area contributed by atoms with Gasteiger partial charge in [0.15, 0.2) is 0 Å². The predicted octanol–water partition coefficient (Wildman–Crippen LogP) is 2.42. The number of alkyl halides is 3. The van der Waals surface area contributed by atoms with E-state index in [2.05, 4.69) is 4.74 Å². The Balaban J connectivity index is 2.60. The van der Waals surface area contributed by atoms with E-state index in [9.17, 15) is 18.0 Å². The summed E-state index contributed by atoms with van der Waals surface area (Å²) in [6.07, 6.45) is -3.89. The maximum atomic E-state index is 12.2. The van der Waals surface area contributed by atoms with E-state index >= 15 is 0 Å². The van der Waals surface area contributed by atoms with Gasteiger partial charge >= 0.3 is 6.18 Å². The highest BCUT2D eigenvalue weighted by Crippen LogP contribution is 2.29. The minimum absolute atomic E-state index is 0.175. The molecule has 1 aromatic carbocycles. The smallest absolute Gasteiger partial charge is 0.416 e. The zero-order chi connectivity index (χ0) is 11.3. The Kier molecular flexibility index (Phi) is 3.71. The maximum Gasteiger partial charge on any atom is 0.416 e. The van der Waals surface area contributed by atoms with E-state index < -0.39 is 11.7 Å². The van der Waals surface area contributed by atoms with E-state index in [1.807, 2.05) is 0 Å². The summed E-state index contributed by atoms with van der Waals surface area (Å²) in [5, 5.41) is 0. The van der Waals surface area contributed by atoms with Gasteiger partial charge in [0.05, 0.1) is 12.2 Å². The fraction of sp³-hybridized carbons (Fsp3) is 0.300. The van der Waals surface area contributed by atoms with Gasteiger partial charge in [-0.1, -0.05) is 12.1 Å². The van der Waals surface area contributed by atoms with Crippen molar-refractivity contribution in [2.24, 2.45) is 0 Å². The molecule has 2 nitrogen and oxygen atoms in total. The van der Waals surface area contributed by atoms with Gasteiger partial charge in [0.1, 0.15) is 0 Å². The van der Waals surface area contributed by atoms with Crippen molar-refractivity contribution in [3.05, 3.63) is 35.4 Å². The molecule has 0 saturated carbocycles. The molecular weight excluding hydrogens is 209 g/mol. The number of halogens is 3. The standard InChI is InChI=1S/C10H9F3O2/c11-10(12,13)9-3-1-8(2-4-9)5-6-15-7-14/h1-4,7H,5-6H2. The SMILES string of the molecule is O=COCCc1ccc(C(F)(F)F)cc1. The van der Waals surface area contributed by atoms with E-state index in [0.29, 0.717) is 18.5 Å². The highest BCUT2D eigenvalue weighted by atomic mass is 19.4. The zero-order valence-corrected chi connectivity index (χ0v) is 7.75. The molecule has 0 unspecified atom stereocenters. The summed E-state index contributed by atoms with van der Waals surface area (Å²) in [5.74, 6) is 0. The van der Waals surface area contributed by atoms with Crippen LogP contribution in [-0.2, 0) is 22.1 Å². The van der Waals surface area contributed by atoms with Crippen molar-refractivity contribution < 1.29 is 22.7 Å². The normalized spacial score (nSPS) is 11.1. The number of carbonyl (C=O) groups excluding carboxylic acids is 1. The van der Waals surface area contributed by atoms with E-state index in [0.717, 1.165) is 12.1 Å². The second-order valence-corrected chi connectivity index (χ2v) is 2.91. The van der Waals surface area contributed by atoms with Crippen LogP contribution in [0.15, 0.2) is 24.3 Å². The number of carbonyl (C=O) groups is 1. The van der Waals surface area contributed by atoms with Gasteiger partial charge in [-0.15, -0.1) is 0 Å². The van der Waals surface area contributed by atoms with Crippen molar-refractivity contribution >= 4 is 6.47 Å². The molecule has 0 N–H and O–H groups in total. The Labute approximate surface area is 84.7 Å². The lowest BCUT2D eigenvalue weighted by molar-refractivity contribution is -0.137. The predicted molar refractivity (Wildman–Crippen MR) is 47.2 cm³/mol. The summed E-state index contributed by atoms with van der Waals surface area (Å²) >= 11 is 0. The first-order valence-electron chi connectivity index (χ1n) is 4.25. The first-order chi connectivity index (χ1) is 7.04. The van der Waals surface area contributed by atoms with Gasteiger partial charge in [0.25, 0.3) is 6.47 Å². The Morgan fingerprint density at radius 1 is 1.20 bits per heavy atom. The van der Waals surface area contributed by atoms with Crippen LogP contribution in [0, 0.1) is 0 Å². The molecule has 0 bridgehead atoms. The lowest BCUT2D eigenvalue weighted by Gasteiger charge is -2.07. The highest BCUT2D eigenvalue weighted by molar-refractivity contribution is 5.37. The molecule has 0 amide bonds. The summed E-state index contributed by atoms with van der Waals surface area (Å²) in [6, 6.07) is 4.76. The van der Waals surface area contributed by atoms with Crippen LogP contribution in [0.4, 0.5) is 13.2 Å². The molecule has 0 radical (unpaired) electrons. The number of rotatable bonds is 4. The molecule has 0 aliphatic rings. The molecule has 5 heteroatoms. The van der Waals surface area contributed by atoms with Crippen molar-refractivity contribution in [2.75, 3.05) is 6.61 Å². The molecule has 0 aliphatic carbocycles. The van der Waals surface area contributed by atoms with Gasteiger partial charge < -0.3 is 4.74 Å². The number of hydrogen-bond acceptors (Lipinski definition) is 2. The van der Waals surface area contributed by atoms with E-state index in [1.54, 1.807) is 0 Å². The molecule has 0 saturated heterocycles. The minimum atomic E-state index is -4.31. The van der Waals surface area contributed by atoms with Crippen LogP contribution < -0.4 is 0 Å². The van der Waals surface area contributed by atoms with E-state index in [1.165, 1.54) is 12.1 Å². The average molecular weight is 218 g/mol. The van der Waals surface area contributed by atoms with Crippen molar-refractivity contribution in [3.8, 4) is 0 Å².